The normalized spacial score (nSPS) is 20.6. The molecule has 0 aliphatic carbocycles. The molecule has 1 aromatic heterocycles. The first-order valence-corrected chi connectivity index (χ1v) is 6.80. The molecule has 1 saturated heterocycles. The molecule has 8 heteroatoms. The number of carbonyl (C=O) groups is 1. The van der Waals surface area contributed by atoms with Crippen molar-refractivity contribution in [3.8, 4) is 0 Å². The van der Waals surface area contributed by atoms with E-state index in [-0.39, 0.29) is 25.2 Å². The highest BCUT2D eigenvalue weighted by molar-refractivity contribution is 7.09. The standard InChI is InChI=1S/C11H14F3N3OS/c12-11(13,14)7-2-1-3-17(5-7)10(18)8-6-19-9(4-15)16-8/h6-7H,1-5,15H2/t7-/m1/s1. The maximum atomic E-state index is 12.7. The summed E-state index contributed by atoms with van der Waals surface area (Å²) in [6.45, 7) is 0.293. The maximum Gasteiger partial charge on any atom is 0.393 e. The minimum Gasteiger partial charge on any atom is -0.337 e. The molecule has 1 fully saturated rings. The van der Waals surface area contributed by atoms with Crippen LogP contribution < -0.4 is 5.73 Å². The van der Waals surface area contributed by atoms with Gasteiger partial charge in [-0.25, -0.2) is 4.98 Å². The topological polar surface area (TPSA) is 59.2 Å². The Labute approximate surface area is 112 Å². The predicted molar refractivity (Wildman–Crippen MR) is 64.7 cm³/mol. The Morgan fingerprint density at radius 3 is 2.89 bits per heavy atom. The van der Waals surface area contributed by atoms with Crippen molar-refractivity contribution in [3.05, 3.63) is 16.1 Å². The second kappa shape index (κ2) is 5.46. The molecule has 4 nitrogen and oxygen atoms in total. The average Bonchev–Trinajstić information content (AvgIpc) is 2.86. The third kappa shape index (κ3) is 3.24. The Morgan fingerprint density at radius 1 is 1.58 bits per heavy atom. The van der Waals surface area contributed by atoms with Gasteiger partial charge < -0.3 is 10.6 Å². The zero-order valence-electron chi connectivity index (χ0n) is 10.1. The number of aromatic nitrogens is 1. The van der Waals surface area contributed by atoms with Crippen molar-refractivity contribution in [2.45, 2.75) is 25.6 Å². The number of likely N-dealkylation sites (tertiary alicyclic amines) is 1. The van der Waals surface area contributed by atoms with E-state index in [4.69, 9.17) is 5.73 Å². The Balaban J connectivity index is 2.07. The van der Waals surface area contributed by atoms with E-state index >= 15 is 0 Å². The van der Waals surface area contributed by atoms with Gasteiger partial charge in [0.25, 0.3) is 5.91 Å². The van der Waals surface area contributed by atoms with Crippen molar-refractivity contribution in [1.29, 1.82) is 0 Å². The molecular formula is C11H14F3N3OS. The lowest BCUT2D eigenvalue weighted by Crippen LogP contribution is -2.44. The van der Waals surface area contributed by atoms with Crippen molar-refractivity contribution in [3.63, 3.8) is 0 Å². The van der Waals surface area contributed by atoms with Gasteiger partial charge in [0.2, 0.25) is 0 Å². The summed E-state index contributed by atoms with van der Waals surface area (Å²) < 4.78 is 38.0. The van der Waals surface area contributed by atoms with Crippen LogP contribution in [0.4, 0.5) is 13.2 Å². The van der Waals surface area contributed by atoms with Crippen LogP contribution in [-0.2, 0) is 6.54 Å². The van der Waals surface area contributed by atoms with Gasteiger partial charge in [0.1, 0.15) is 10.7 Å². The number of halogens is 3. The van der Waals surface area contributed by atoms with E-state index in [2.05, 4.69) is 4.98 Å². The molecule has 106 valence electrons. The minimum atomic E-state index is -4.25. The van der Waals surface area contributed by atoms with Crippen LogP contribution in [0.25, 0.3) is 0 Å². The molecule has 0 radical (unpaired) electrons. The Hall–Kier alpha value is -1.15. The summed E-state index contributed by atoms with van der Waals surface area (Å²) in [5.41, 5.74) is 5.58. The quantitative estimate of drug-likeness (QED) is 0.907. The summed E-state index contributed by atoms with van der Waals surface area (Å²) in [4.78, 5) is 17.3. The van der Waals surface area contributed by atoms with Crippen LogP contribution in [0.3, 0.4) is 0 Å². The number of alkyl halides is 3. The van der Waals surface area contributed by atoms with E-state index in [9.17, 15) is 18.0 Å². The highest BCUT2D eigenvalue weighted by Crippen LogP contribution is 2.33. The summed E-state index contributed by atoms with van der Waals surface area (Å²) in [6.07, 6.45) is -3.80. The van der Waals surface area contributed by atoms with E-state index in [1.807, 2.05) is 0 Å². The molecule has 0 unspecified atom stereocenters. The molecule has 1 amide bonds. The zero-order chi connectivity index (χ0) is 14.0. The van der Waals surface area contributed by atoms with Gasteiger partial charge in [-0.2, -0.15) is 13.2 Å². The van der Waals surface area contributed by atoms with Crippen molar-refractivity contribution < 1.29 is 18.0 Å². The van der Waals surface area contributed by atoms with Crippen LogP contribution in [0.2, 0.25) is 0 Å². The first-order valence-electron chi connectivity index (χ1n) is 5.92. The van der Waals surface area contributed by atoms with E-state index in [1.54, 1.807) is 5.38 Å². The second-order valence-electron chi connectivity index (χ2n) is 4.46. The molecule has 1 aromatic rings. The average molecular weight is 293 g/mol. The summed E-state index contributed by atoms with van der Waals surface area (Å²) in [5.74, 6) is -1.87. The van der Waals surface area contributed by atoms with Crippen LogP contribution in [0.5, 0.6) is 0 Å². The Morgan fingerprint density at radius 2 is 2.32 bits per heavy atom. The molecule has 0 bridgehead atoms. The molecule has 1 aliphatic heterocycles. The molecular weight excluding hydrogens is 279 g/mol. The lowest BCUT2D eigenvalue weighted by molar-refractivity contribution is -0.184. The molecule has 2 N–H and O–H groups in total. The third-order valence-corrected chi connectivity index (χ3v) is 3.99. The van der Waals surface area contributed by atoms with Crippen molar-refractivity contribution in [2.75, 3.05) is 13.1 Å². The molecule has 0 saturated carbocycles. The highest BCUT2D eigenvalue weighted by Gasteiger charge is 2.42. The van der Waals surface area contributed by atoms with Gasteiger partial charge in [0.15, 0.2) is 0 Å². The molecule has 1 atom stereocenters. The number of hydrogen-bond acceptors (Lipinski definition) is 4. The maximum absolute atomic E-state index is 12.7. The fourth-order valence-corrected chi connectivity index (χ4v) is 2.74. The van der Waals surface area contributed by atoms with Gasteiger partial charge in [0.05, 0.1) is 5.92 Å². The highest BCUT2D eigenvalue weighted by atomic mass is 32.1. The number of piperidine rings is 1. The molecule has 1 aliphatic rings. The summed E-state index contributed by atoms with van der Waals surface area (Å²) in [6, 6.07) is 0. The number of nitrogens with two attached hydrogens (primary N) is 1. The molecule has 19 heavy (non-hydrogen) atoms. The molecule has 2 heterocycles. The molecule has 0 spiro atoms. The Kier molecular flexibility index (Phi) is 4.10. The van der Waals surface area contributed by atoms with Crippen LogP contribution in [0.15, 0.2) is 5.38 Å². The van der Waals surface area contributed by atoms with Crippen LogP contribution in [0.1, 0.15) is 28.3 Å². The van der Waals surface area contributed by atoms with Crippen molar-refractivity contribution >= 4 is 17.2 Å². The lowest BCUT2D eigenvalue weighted by Gasteiger charge is -2.33. The van der Waals surface area contributed by atoms with Gasteiger partial charge in [-0.15, -0.1) is 11.3 Å². The largest absolute Gasteiger partial charge is 0.393 e. The lowest BCUT2D eigenvalue weighted by atomic mass is 9.97. The Bertz CT molecular complexity index is 460. The second-order valence-corrected chi connectivity index (χ2v) is 5.41. The molecule has 0 aromatic carbocycles. The third-order valence-electron chi connectivity index (χ3n) is 3.12. The smallest absolute Gasteiger partial charge is 0.337 e. The molecule has 2 rings (SSSR count). The fraction of sp³-hybridized carbons (Fsp3) is 0.636. The van der Waals surface area contributed by atoms with E-state index in [1.165, 1.54) is 16.2 Å². The van der Waals surface area contributed by atoms with Crippen LogP contribution in [0, 0.1) is 5.92 Å². The van der Waals surface area contributed by atoms with E-state index in [0.717, 1.165) is 0 Å². The van der Waals surface area contributed by atoms with Gasteiger partial charge in [-0.1, -0.05) is 0 Å². The summed E-state index contributed by atoms with van der Waals surface area (Å²) >= 11 is 1.24. The van der Waals surface area contributed by atoms with Crippen LogP contribution in [-0.4, -0.2) is 35.1 Å². The number of nitrogens with zero attached hydrogens (tertiary/aromatic N) is 2. The first kappa shape index (κ1) is 14.3. The van der Waals surface area contributed by atoms with E-state index in [0.29, 0.717) is 18.0 Å². The zero-order valence-corrected chi connectivity index (χ0v) is 10.9. The van der Waals surface area contributed by atoms with Gasteiger partial charge in [0, 0.05) is 25.0 Å². The van der Waals surface area contributed by atoms with Crippen molar-refractivity contribution in [2.24, 2.45) is 11.7 Å². The summed E-state index contributed by atoms with van der Waals surface area (Å²) in [7, 11) is 0. The van der Waals surface area contributed by atoms with E-state index < -0.39 is 18.0 Å². The predicted octanol–water partition coefficient (Wildman–Crippen LogP) is 2.02. The summed E-state index contributed by atoms with van der Waals surface area (Å²) in [5, 5.41) is 2.15. The number of carbonyl (C=O) groups excluding carboxylic acids is 1. The van der Waals surface area contributed by atoms with Crippen LogP contribution >= 0.6 is 11.3 Å². The number of amides is 1. The number of hydrogen-bond donors (Lipinski definition) is 1. The number of rotatable bonds is 2. The van der Waals surface area contributed by atoms with Gasteiger partial charge in [-0.05, 0) is 12.8 Å². The van der Waals surface area contributed by atoms with Crippen molar-refractivity contribution in [1.82, 2.24) is 9.88 Å². The monoisotopic (exact) mass is 293 g/mol. The van der Waals surface area contributed by atoms with Gasteiger partial charge in [-0.3, -0.25) is 4.79 Å². The number of thiazole rings is 1. The first-order chi connectivity index (χ1) is 8.91. The fourth-order valence-electron chi connectivity index (χ4n) is 2.09. The SMILES string of the molecule is NCc1nc(C(=O)N2CCC[C@@H](C(F)(F)F)C2)cs1. The minimum absolute atomic E-state index is 0.0817. The van der Waals surface area contributed by atoms with Gasteiger partial charge >= 0.3 is 6.18 Å².